The third-order valence-corrected chi connectivity index (χ3v) is 4.73. The fourth-order valence-corrected chi connectivity index (χ4v) is 3.33. The molecule has 3 rings (SSSR count). The summed E-state index contributed by atoms with van der Waals surface area (Å²) in [5.41, 5.74) is 2.24. The van der Waals surface area contributed by atoms with Crippen LogP contribution in [0, 0.1) is 11.2 Å². The largest absolute Gasteiger partial charge is 0.387 e. The van der Waals surface area contributed by atoms with Crippen molar-refractivity contribution in [2.75, 3.05) is 12.4 Å². The van der Waals surface area contributed by atoms with Gasteiger partial charge in [-0.05, 0) is 38.5 Å². The molecule has 0 fully saturated rings. The first kappa shape index (κ1) is 20.4. The highest BCUT2D eigenvalue weighted by Crippen LogP contribution is 2.22. The second-order valence-corrected chi connectivity index (χ2v) is 7.56. The molecule has 0 unspecified atom stereocenters. The molecule has 0 atom stereocenters. The van der Waals surface area contributed by atoms with Crippen molar-refractivity contribution >= 4 is 28.5 Å². The van der Waals surface area contributed by atoms with Gasteiger partial charge in [0.15, 0.2) is 5.65 Å². The van der Waals surface area contributed by atoms with Crippen LogP contribution in [0.2, 0.25) is 0 Å². The van der Waals surface area contributed by atoms with Crippen LogP contribution in [-0.2, 0) is 0 Å². The number of aromatic nitrogens is 3. The zero-order valence-corrected chi connectivity index (χ0v) is 17.0. The van der Waals surface area contributed by atoms with Crippen LogP contribution in [0.25, 0.3) is 11.2 Å². The quantitative estimate of drug-likeness (QED) is 0.455. The summed E-state index contributed by atoms with van der Waals surface area (Å²) in [6.45, 7) is 6.02. The van der Waals surface area contributed by atoms with Gasteiger partial charge in [0, 0.05) is 30.0 Å². The average molecular weight is 396 g/mol. The molecule has 0 saturated heterocycles. The van der Waals surface area contributed by atoms with Crippen molar-refractivity contribution in [3.05, 3.63) is 53.2 Å². The number of amides is 1. The molecule has 0 spiro atoms. The Kier molecular flexibility index (Phi) is 5.63. The van der Waals surface area contributed by atoms with Crippen molar-refractivity contribution in [1.29, 1.82) is 5.41 Å². The highest BCUT2D eigenvalue weighted by atomic mass is 19.1. The molecule has 0 aliphatic carbocycles. The summed E-state index contributed by atoms with van der Waals surface area (Å²) < 4.78 is 13.5. The van der Waals surface area contributed by atoms with E-state index in [4.69, 9.17) is 5.41 Å². The molecule has 8 heteroatoms. The molecule has 1 aromatic carbocycles. The first-order valence-electron chi connectivity index (χ1n) is 9.49. The Labute approximate surface area is 168 Å². The first-order chi connectivity index (χ1) is 13.8. The number of nitrogens with one attached hydrogen (secondary N) is 4. The smallest absolute Gasteiger partial charge is 0.255 e. The van der Waals surface area contributed by atoms with E-state index in [1.165, 1.54) is 24.4 Å². The Bertz CT molecular complexity index is 1070. The number of benzene rings is 1. The van der Waals surface area contributed by atoms with Gasteiger partial charge in [0.25, 0.3) is 5.91 Å². The van der Waals surface area contributed by atoms with E-state index in [1.807, 2.05) is 13.8 Å². The first-order valence-corrected chi connectivity index (χ1v) is 9.49. The summed E-state index contributed by atoms with van der Waals surface area (Å²) in [5, 5.41) is 14.4. The van der Waals surface area contributed by atoms with Crippen LogP contribution < -0.4 is 10.6 Å². The molecule has 2 aromatic heterocycles. The highest BCUT2D eigenvalue weighted by Gasteiger charge is 2.23. The zero-order valence-electron chi connectivity index (χ0n) is 17.0. The number of hydrogen-bond donors (Lipinski definition) is 4. The summed E-state index contributed by atoms with van der Waals surface area (Å²) in [5.74, 6) is -0.642. The zero-order chi connectivity index (χ0) is 21.2. The molecule has 29 heavy (non-hydrogen) atoms. The molecule has 0 saturated carbocycles. The molecular weight excluding hydrogens is 371 g/mol. The van der Waals surface area contributed by atoms with Crippen molar-refractivity contribution < 1.29 is 9.18 Å². The van der Waals surface area contributed by atoms with Gasteiger partial charge >= 0.3 is 0 Å². The highest BCUT2D eigenvalue weighted by molar-refractivity contribution is 6.14. The maximum atomic E-state index is 13.5. The predicted octanol–water partition coefficient (Wildman–Crippen LogP) is 3.86. The third kappa shape index (κ3) is 4.26. The van der Waals surface area contributed by atoms with E-state index in [-0.39, 0.29) is 17.2 Å². The number of fused-ring (bicyclic) bond motifs is 1. The lowest BCUT2D eigenvalue weighted by molar-refractivity contribution is 0.0910. The van der Waals surface area contributed by atoms with Crippen molar-refractivity contribution in [3.8, 4) is 0 Å². The fourth-order valence-electron chi connectivity index (χ4n) is 3.33. The van der Waals surface area contributed by atoms with E-state index < -0.39 is 5.82 Å². The lowest BCUT2D eigenvalue weighted by Crippen LogP contribution is -2.43. The van der Waals surface area contributed by atoms with Gasteiger partial charge in [-0.15, -0.1) is 0 Å². The normalized spacial score (nSPS) is 11.5. The molecule has 1 amide bonds. The molecule has 7 nitrogen and oxygen atoms in total. The molecule has 4 N–H and O–H groups in total. The van der Waals surface area contributed by atoms with Crippen molar-refractivity contribution in [2.24, 2.45) is 0 Å². The Balaban J connectivity index is 1.97. The molecule has 2 heterocycles. The lowest BCUT2D eigenvalue weighted by atomic mass is 9.98. The molecule has 3 aromatic rings. The second-order valence-electron chi connectivity index (χ2n) is 7.56. The average Bonchev–Trinajstić information content (AvgIpc) is 3.10. The number of H-pyrrole nitrogens is 1. The van der Waals surface area contributed by atoms with Gasteiger partial charge in [0.05, 0.1) is 17.5 Å². The number of hydrogen-bond acceptors (Lipinski definition) is 5. The summed E-state index contributed by atoms with van der Waals surface area (Å²) in [7, 11) is 1.66. The van der Waals surface area contributed by atoms with Gasteiger partial charge in [-0.2, -0.15) is 0 Å². The van der Waals surface area contributed by atoms with Crippen molar-refractivity contribution in [1.82, 2.24) is 20.3 Å². The maximum absolute atomic E-state index is 13.5. The Morgan fingerprint density at radius 1 is 1.31 bits per heavy atom. The molecule has 0 aliphatic rings. The van der Waals surface area contributed by atoms with Gasteiger partial charge < -0.3 is 15.6 Å². The van der Waals surface area contributed by atoms with E-state index in [0.717, 1.165) is 12.8 Å². The van der Waals surface area contributed by atoms with Crippen LogP contribution in [0.5, 0.6) is 0 Å². The van der Waals surface area contributed by atoms with Crippen LogP contribution in [0.4, 0.5) is 10.1 Å². The van der Waals surface area contributed by atoms with E-state index in [1.54, 1.807) is 13.2 Å². The van der Waals surface area contributed by atoms with Crippen molar-refractivity contribution in [3.63, 3.8) is 0 Å². The lowest BCUT2D eigenvalue weighted by Gasteiger charge is -2.25. The Morgan fingerprint density at radius 2 is 2.07 bits per heavy atom. The van der Waals surface area contributed by atoms with Gasteiger partial charge in [-0.25, -0.2) is 14.4 Å². The van der Waals surface area contributed by atoms with Crippen LogP contribution >= 0.6 is 0 Å². The number of rotatable bonds is 7. The van der Waals surface area contributed by atoms with E-state index >= 15 is 0 Å². The number of aromatic amines is 1. The number of halogens is 1. The van der Waals surface area contributed by atoms with Gasteiger partial charge in [0.2, 0.25) is 0 Å². The minimum absolute atomic E-state index is 0.0858. The molecule has 0 radical (unpaired) electrons. The van der Waals surface area contributed by atoms with Gasteiger partial charge in [-0.1, -0.05) is 13.3 Å². The standard InChI is InChI=1S/C21H25FN6O/c1-5-8-21(2,3)28-20(29)14-10-25-19-18(14)27-16(11-26-19)17(23)13-7-6-12(22)9-15(13)24-4/h6-7,9-11,23-24H,5,8H2,1-4H3,(H,25,26)(H,28,29). The monoisotopic (exact) mass is 396 g/mol. The number of carbonyl (C=O) groups is 1. The predicted molar refractivity (Wildman–Crippen MR) is 112 cm³/mol. The van der Waals surface area contributed by atoms with Crippen LogP contribution in [-0.4, -0.2) is 39.2 Å². The van der Waals surface area contributed by atoms with E-state index in [2.05, 4.69) is 32.5 Å². The molecule has 152 valence electrons. The van der Waals surface area contributed by atoms with Crippen molar-refractivity contribution in [2.45, 2.75) is 39.2 Å². The maximum Gasteiger partial charge on any atom is 0.255 e. The Hall–Kier alpha value is -3.29. The summed E-state index contributed by atoms with van der Waals surface area (Å²) in [6, 6.07) is 4.13. The summed E-state index contributed by atoms with van der Waals surface area (Å²) >= 11 is 0. The minimum Gasteiger partial charge on any atom is -0.387 e. The van der Waals surface area contributed by atoms with Gasteiger partial charge in [0.1, 0.15) is 17.0 Å². The van der Waals surface area contributed by atoms with Crippen LogP contribution in [0.3, 0.4) is 0 Å². The summed E-state index contributed by atoms with van der Waals surface area (Å²) in [4.78, 5) is 24.6. The number of nitrogens with zero attached hydrogens (tertiary/aromatic N) is 2. The second kappa shape index (κ2) is 7.98. The number of carbonyl (C=O) groups excluding carboxylic acids is 1. The van der Waals surface area contributed by atoms with Crippen LogP contribution in [0.15, 0.2) is 30.6 Å². The van der Waals surface area contributed by atoms with E-state index in [9.17, 15) is 9.18 Å². The molecule has 0 aliphatic heterocycles. The van der Waals surface area contributed by atoms with Crippen LogP contribution in [0.1, 0.15) is 55.2 Å². The number of anilines is 1. The third-order valence-electron chi connectivity index (χ3n) is 4.73. The van der Waals surface area contributed by atoms with E-state index in [0.29, 0.717) is 33.7 Å². The summed E-state index contributed by atoms with van der Waals surface area (Å²) in [6.07, 6.45) is 4.84. The SMILES string of the molecule is CCCC(C)(C)NC(=O)c1c[nH]c2ncc(C(=N)c3ccc(F)cc3NC)nc12. The Morgan fingerprint density at radius 3 is 2.76 bits per heavy atom. The topological polar surface area (TPSA) is 107 Å². The molecular formula is C21H25FN6O. The van der Waals surface area contributed by atoms with Gasteiger partial charge in [-0.3, -0.25) is 10.2 Å². The minimum atomic E-state index is -0.397. The fraction of sp³-hybridized carbons (Fsp3) is 0.333. The molecule has 0 bridgehead atoms.